The maximum Gasteiger partial charge on any atom is 0.241 e. The summed E-state index contributed by atoms with van der Waals surface area (Å²) in [6, 6.07) is 4.96. The van der Waals surface area contributed by atoms with Crippen LogP contribution in [0.5, 0.6) is 0 Å². The van der Waals surface area contributed by atoms with Gasteiger partial charge >= 0.3 is 0 Å². The average Bonchev–Trinajstić information content (AvgIpc) is 2.74. The molecule has 0 fully saturated rings. The van der Waals surface area contributed by atoms with Gasteiger partial charge in [-0.25, -0.2) is 13.1 Å². The summed E-state index contributed by atoms with van der Waals surface area (Å²) in [5.74, 6) is 0. The van der Waals surface area contributed by atoms with Crippen LogP contribution in [0.3, 0.4) is 0 Å². The van der Waals surface area contributed by atoms with Gasteiger partial charge in [0.1, 0.15) is 0 Å². The number of sulfonamides is 1. The first-order valence-corrected chi connectivity index (χ1v) is 8.58. The molecule has 0 aliphatic carbocycles. The first-order valence-electron chi connectivity index (χ1n) is 6.31. The third kappa shape index (κ3) is 3.70. The summed E-state index contributed by atoms with van der Waals surface area (Å²) < 4.78 is 29.4. The number of nitrogens with two attached hydrogens (primary N) is 1. The first-order chi connectivity index (χ1) is 9.83. The Morgan fingerprint density at radius 1 is 1.43 bits per heavy atom. The van der Waals surface area contributed by atoms with Crippen LogP contribution >= 0.6 is 15.9 Å². The Kier molecular flexibility index (Phi) is 4.82. The van der Waals surface area contributed by atoms with Crippen LogP contribution in [0.25, 0.3) is 0 Å². The van der Waals surface area contributed by atoms with E-state index in [1.807, 2.05) is 6.92 Å². The fraction of sp³-hybridized carbons (Fsp3) is 0.308. The molecule has 1 aromatic heterocycles. The summed E-state index contributed by atoms with van der Waals surface area (Å²) in [5.41, 5.74) is 8.05. The van der Waals surface area contributed by atoms with Gasteiger partial charge < -0.3 is 5.73 Å². The Morgan fingerprint density at radius 3 is 2.67 bits per heavy atom. The Labute approximate surface area is 132 Å². The van der Waals surface area contributed by atoms with Crippen molar-refractivity contribution in [1.29, 1.82) is 0 Å². The Balaban J connectivity index is 2.20. The molecule has 0 amide bonds. The quantitative estimate of drug-likeness (QED) is 0.830. The zero-order valence-corrected chi connectivity index (χ0v) is 14.2. The van der Waals surface area contributed by atoms with E-state index in [0.29, 0.717) is 11.0 Å². The molecular weight excluding hydrogens is 356 g/mol. The van der Waals surface area contributed by atoms with Gasteiger partial charge in [-0.2, -0.15) is 5.10 Å². The predicted molar refractivity (Wildman–Crippen MR) is 84.0 cm³/mol. The molecule has 0 unspecified atom stereocenters. The van der Waals surface area contributed by atoms with Crippen molar-refractivity contribution in [2.45, 2.75) is 24.9 Å². The number of benzene rings is 1. The van der Waals surface area contributed by atoms with Crippen LogP contribution in [0.4, 0.5) is 0 Å². The molecule has 0 bridgehead atoms. The molecule has 8 heteroatoms. The maximum absolute atomic E-state index is 12.3. The van der Waals surface area contributed by atoms with Crippen LogP contribution in [0, 0.1) is 6.92 Å². The van der Waals surface area contributed by atoms with E-state index in [-0.39, 0.29) is 11.4 Å². The average molecular weight is 373 g/mol. The minimum Gasteiger partial charge on any atom is -0.326 e. The second-order valence-corrected chi connectivity index (χ2v) is 7.30. The lowest BCUT2D eigenvalue weighted by molar-refractivity contribution is 0.580. The highest BCUT2D eigenvalue weighted by Crippen LogP contribution is 2.23. The fourth-order valence-corrected chi connectivity index (χ4v) is 4.09. The molecule has 1 heterocycles. The Bertz CT molecular complexity index is 756. The van der Waals surface area contributed by atoms with Crippen molar-refractivity contribution >= 4 is 26.0 Å². The number of aromatic nitrogens is 2. The Morgan fingerprint density at radius 2 is 2.14 bits per heavy atom. The third-order valence-corrected chi connectivity index (χ3v) is 5.47. The van der Waals surface area contributed by atoms with E-state index in [4.69, 9.17) is 5.73 Å². The lowest BCUT2D eigenvalue weighted by Crippen LogP contribution is -2.23. The van der Waals surface area contributed by atoms with Crippen LogP contribution in [-0.2, 0) is 30.2 Å². The highest BCUT2D eigenvalue weighted by atomic mass is 79.9. The molecule has 6 nitrogen and oxygen atoms in total. The number of nitrogens with zero attached hydrogens (tertiary/aromatic N) is 2. The first kappa shape index (κ1) is 16.2. The predicted octanol–water partition coefficient (Wildman–Crippen LogP) is 1.43. The minimum absolute atomic E-state index is 0.196. The highest BCUT2D eigenvalue weighted by Gasteiger charge is 2.18. The number of nitrogens with one attached hydrogen (secondary N) is 1. The van der Waals surface area contributed by atoms with Crippen LogP contribution in [-0.4, -0.2) is 18.2 Å². The van der Waals surface area contributed by atoms with Crippen molar-refractivity contribution in [3.05, 3.63) is 45.7 Å². The van der Waals surface area contributed by atoms with Gasteiger partial charge in [0.15, 0.2) is 0 Å². The number of rotatable bonds is 5. The van der Waals surface area contributed by atoms with Gasteiger partial charge in [-0.05, 0) is 40.5 Å². The molecule has 0 aliphatic rings. The molecule has 0 atom stereocenters. The van der Waals surface area contributed by atoms with Crippen LogP contribution in [0.2, 0.25) is 0 Å². The van der Waals surface area contributed by atoms with Crippen molar-refractivity contribution in [2.75, 3.05) is 0 Å². The number of hydrogen-bond donors (Lipinski definition) is 2. The van der Waals surface area contributed by atoms with Crippen LogP contribution in [0.15, 0.2) is 33.8 Å². The van der Waals surface area contributed by atoms with E-state index >= 15 is 0 Å². The van der Waals surface area contributed by atoms with Gasteiger partial charge in [0.2, 0.25) is 10.0 Å². The normalized spacial score (nSPS) is 11.8. The molecule has 0 saturated carbocycles. The SMILES string of the molecule is Cc1nn(C)cc1CNS(=O)(=O)c1ccc(CN)cc1Br. The molecule has 0 radical (unpaired) electrons. The molecule has 1 aromatic carbocycles. The lowest BCUT2D eigenvalue weighted by atomic mass is 10.2. The van der Waals surface area contributed by atoms with E-state index < -0.39 is 10.0 Å². The molecule has 0 saturated heterocycles. The summed E-state index contributed by atoms with van der Waals surface area (Å²) in [6.45, 7) is 2.41. The fourth-order valence-electron chi connectivity index (χ4n) is 1.96. The van der Waals surface area contributed by atoms with E-state index in [1.54, 1.807) is 36.1 Å². The van der Waals surface area contributed by atoms with Gasteiger partial charge in [-0.15, -0.1) is 0 Å². The summed E-state index contributed by atoms with van der Waals surface area (Å²) >= 11 is 3.28. The number of halogens is 1. The Hall–Kier alpha value is -1.22. The number of hydrogen-bond acceptors (Lipinski definition) is 4. The summed E-state index contributed by atoms with van der Waals surface area (Å²) in [7, 11) is -1.80. The van der Waals surface area contributed by atoms with E-state index in [1.165, 1.54) is 0 Å². The summed E-state index contributed by atoms with van der Waals surface area (Å²) in [6.07, 6.45) is 1.80. The topological polar surface area (TPSA) is 90.0 Å². The summed E-state index contributed by atoms with van der Waals surface area (Å²) in [4.78, 5) is 0.196. The van der Waals surface area contributed by atoms with Gasteiger partial charge in [0, 0.05) is 36.4 Å². The third-order valence-electron chi connectivity index (χ3n) is 3.09. The second kappa shape index (κ2) is 6.27. The molecule has 0 spiro atoms. The van der Waals surface area contributed by atoms with E-state index in [9.17, 15) is 8.42 Å². The van der Waals surface area contributed by atoms with Crippen molar-refractivity contribution in [2.24, 2.45) is 12.8 Å². The molecular formula is C13H17BrN4O2S. The maximum atomic E-state index is 12.3. The number of aryl methyl sites for hydroxylation is 2. The zero-order valence-electron chi connectivity index (χ0n) is 11.8. The van der Waals surface area contributed by atoms with Crippen LogP contribution < -0.4 is 10.5 Å². The minimum atomic E-state index is -3.60. The molecule has 114 valence electrons. The molecule has 3 N–H and O–H groups in total. The smallest absolute Gasteiger partial charge is 0.241 e. The summed E-state index contributed by atoms with van der Waals surface area (Å²) in [5, 5.41) is 4.18. The van der Waals surface area contributed by atoms with Gasteiger partial charge in [0.25, 0.3) is 0 Å². The largest absolute Gasteiger partial charge is 0.326 e. The molecule has 0 aliphatic heterocycles. The second-order valence-electron chi connectivity index (χ2n) is 4.71. The van der Waals surface area contributed by atoms with E-state index in [0.717, 1.165) is 16.8 Å². The van der Waals surface area contributed by atoms with Gasteiger partial charge in [0.05, 0.1) is 10.6 Å². The zero-order chi connectivity index (χ0) is 15.6. The molecule has 2 aromatic rings. The van der Waals surface area contributed by atoms with Crippen molar-refractivity contribution in [1.82, 2.24) is 14.5 Å². The highest BCUT2D eigenvalue weighted by molar-refractivity contribution is 9.10. The van der Waals surface area contributed by atoms with Crippen molar-refractivity contribution < 1.29 is 8.42 Å². The van der Waals surface area contributed by atoms with Gasteiger partial charge in [-0.1, -0.05) is 6.07 Å². The lowest BCUT2D eigenvalue weighted by Gasteiger charge is -2.09. The van der Waals surface area contributed by atoms with E-state index in [2.05, 4.69) is 25.8 Å². The van der Waals surface area contributed by atoms with Gasteiger partial charge in [-0.3, -0.25) is 4.68 Å². The monoisotopic (exact) mass is 372 g/mol. The standard InChI is InChI=1S/C13H17BrN4O2S/c1-9-11(8-18(2)17-9)7-16-21(19,20)13-4-3-10(6-15)5-12(13)14/h3-5,8,16H,6-7,15H2,1-2H3. The van der Waals surface area contributed by atoms with Crippen LogP contribution in [0.1, 0.15) is 16.8 Å². The molecule has 21 heavy (non-hydrogen) atoms. The van der Waals surface area contributed by atoms with Crippen molar-refractivity contribution in [3.8, 4) is 0 Å². The van der Waals surface area contributed by atoms with Crippen molar-refractivity contribution in [3.63, 3.8) is 0 Å². The molecule has 2 rings (SSSR count).